The highest BCUT2D eigenvalue weighted by Gasteiger charge is 2.29. The fourth-order valence-corrected chi connectivity index (χ4v) is 4.91. The van der Waals surface area contributed by atoms with E-state index in [9.17, 15) is 13.2 Å². The van der Waals surface area contributed by atoms with Crippen molar-refractivity contribution in [3.63, 3.8) is 0 Å². The Morgan fingerprint density at radius 2 is 1.52 bits per heavy atom. The first-order chi connectivity index (χ1) is 13.9. The van der Waals surface area contributed by atoms with Gasteiger partial charge in [0.25, 0.3) is 0 Å². The second-order valence-corrected chi connectivity index (χ2v) is 8.48. The number of benzene rings is 3. The maximum Gasteiger partial charge on any atom is 0.356 e. The van der Waals surface area contributed by atoms with Crippen LogP contribution in [-0.2, 0) is 9.84 Å². The van der Waals surface area contributed by atoms with Crippen molar-refractivity contribution in [2.45, 2.75) is 16.7 Å². The Balaban J connectivity index is 2.21. The van der Waals surface area contributed by atoms with Gasteiger partial charge in [0, 0.05) is 10.9 Å². The summed E-state index contributed by atoms with van der Waals surface area (Å²) in [5.74, 6) is 0.545. The summed E-state index contributed by atoms with van der Waals surface area (Å²) >= 11 is 0. The lowest BCUT2D eigenvalue weighted by molar-refractivity contribution is 0.414. The zero-order chi connectivity index (χ0) is 20.6. The fourth-order valence-electron chi connectivity index (χ4n) is 3.40. The highest BCUT2D eigenvalue weighted by Crippen LogP contribution is 2.37. The molecule has 0 saturated carbocycles. The minimum Gasteiger partial charge on any atom is -0.497 e. The lowest BCUT2D eigenvalue weighted by Crippen LogP contribution is -2.17. The average Bonchev–Trinajstić information content (AvgIpc) is 2.74. The number of methoxy groups -OCH3 is 1. The van der Waals surface area contributed by atoms with E-state index in [1.165, 1.54) is 19.2 Å². The summed E-state index contributed by atoms with van der Waals surface area (Å²) in [5.41, 5.74) is 1.03. The van der Waals surface area contributed by atoms with Crippen molar-refractivity contribution in [1.82, 2.24) is 0 Å². The third-order valence-corrected chi connectivity index (χ3v) is 6.55. The van der Waals surface area contributed by atoms with E-state index in [2.05, 4.69) is 0 Å². The molecule has 146 valence electrons. The van der Waals surface area contributed by atoms with Crippen LogP contribution in [-0.4, -0.2) is 15.5 Å². The van der Waals surface area contributed by atoms with Crippen LogP contribution in [0.1, 0.15) is 5.56 Å². The Hall–Kier alpha value is -3.38. The quantitative estimate of drug-likeness (QED) is 0.463. The molecule has 0 bridgehead atoms. The van der Waals surface area contributed by atoms with Gasteiger partial charge < -0.3 is 9.15 Å². The van der Waals surface area contributed by atoms with Gasteiger partial charge in [-0.05, 0) is 42.3 Å². The monoisotopic (exact) mass is 406 g/mol. The van der Waals surface area contributed by atoms with Gasteiger partial charge in [0.05, 0.1) is 12.0 Å². The molecular weight excluding hydrogens is 388 g/mol. The standard InChI is InChI=1S/C23H18O5S/c1-15-13-17(27-2)14-19-20(16-9-5-3-6-10-16)22(23(24)28-21(15)19)29(25,26)18-11-7-4-8-12-18/h3-14H,1-2H3. The van der Waals surface area contributed by atoms with E-state index >= 15 is 0 Å². The van der Waals surface area contributed by atoms with Crippen LogP contribution in [0, 0.1) is 6.92 Å². The Bertz CT molecular complexity index is 1360. The zero-order valence-electron chi connectivity index (χ0n) is 15.9. The Morgan fingerprint density at radius 1 is 0.897 bits per heavy atom. The number of ether oxygens (including phenoxy) is 1. The number of rotatable bonds is 4. The smallest absolute Gasteiger partial charge is 0.356 e. The van der Waals surface area contributed by atoms with Gasteiger partial charge in [-0.2, -0.15) is 0 Å². The molecule has 4 rings (SSSR count). The van der Waals surface area contributed by atoms with Crippen LogP contribution in [0.4, 0.5) is 0 Å². The highest BCUT2D eigenvalue weighted by molar-refractivity contribution is 7.91. The molecule has 1 aromatic heterocycles. The lowest BCUT2D eigenvalue weighted by atomic mass is 10.00. The van der Waals surface area contributed by atoms with Crippen LogP contribution in [0.2, 0.25) is 0 Å². The fraction of sp³-hybridized carbons (Fsp3) is 0.0870. The van der Waals surface area contributed by atoms with E-state index in [0.29, 0.717) is 33.4 Å². The van der Waals surface area contributed by atoms with Gasteiger partial charge >= 0.3 is 5.63 Å². The van der Waals surface area contributed by atoms with Gasteiger partial charge in [0.15, 0.2) is 4.90 Å². The number of aryl methyl sites for hydroxylation is 1. The van der Waals surface area contributed by atoms with Crippen molar-refractivity contribution >= 4 is 20.8 Å². The van der Waals surface area contributed by atoms with Crippen LogP contribution < -0.4 is 10.4 Å². The van der Waals surface area contributed by atoms with Crippen molar-refractivity contribution < 1.29 is 17.6 Å². The van der Waals surface area contributed by atoms with Gasteiger partial charge in [0.1, 0.15) is 11.3 Å². The molecule has 0 aliphatic carbocycles. The normalized spacial score (nSPS) is 11.5. The van der Waals surface area contributed by atoms with Crippen molar-refractivity contribution in [3.8, 4) is 16.9 Å². The first kappa shape index (κ1) is 19.0. The van der Waals surface area contributed by atoms with Gasteiger partial charge in [-0.3, -0.25) is 0 Å². The average molecular weight is 406 g/mol. The zero-order valence-corrected chi connectivity index (χ0v) is 16.7. The maximum atomic E-state index is 13.4. The second kappa shape index (κ2) is 7.22. The van der Waals surface area contributed by atoms with E-state index in [1.54, 1.807) is 61.5 Å². The second-order valence-electron chi connectivity index (χ2n) is 6.60. The maximum absolute atomic E-state index is 13.4. The molecule has 0 saturated heterocycles. The molecule has 6 heteroatoms. The summed E-state index contributed by atoms with van der Waals surface area (Å²) in [6.07, 6.45) is 0. The molecule has 0 amide bonds. The van der Waals surface area contributed by atoms with Crippen molar-refractivity contribution in [1.29, 1.82) is 0 Å². The van der Waals surface area contributed by atoms with Crippen molar-refractivity contribution in [2.75, 3.05) is 7.11 Å². The minimum atomic E-state index is -4.12. The van der Waals surface area contributed by atoms with Crippen molar-refractivity contribution in [2.24, 2.45) is 0 Å². The molecule has 0 aliphatic rings. The SMILES string of the molecule is COc1cc(C)c2oc(=O)c(S(=O)(=O)c3ccccc3)c(-c3ccccc3)c2c1. The molecule has 0 radical (unpaired) electrons. The summed E-state index contributed by atoms with van der Waals surface area (Å²) in [6, 6.07) is 20.3. The van der Waals surface area contributed by atoms with Gasteiger partial charge in [-0.1, -0.05) is 48.5 Å². The molecule has 5 nitrogen and oxygen atoms in total. The van der Waals surface area contributed by atoms with E-state index in [1.807, 2.05) is 6.07 Å². The van der Waals surface area contributed by atoms with E-state index in [-0.39, 0.29) is 9.79 Å². The molecular formula is C23H18O5S. The number of hydrogen-bond donors (Lipinski definition) is 0. The van der Waals surface area contributed by atoms with Crippen LogP contribution in [0.15, 0.2) is 91.8 Å². The van der Waals surface area contributed by atoms with Crippen molar-refractivity contribution in [3.05, 3.63) is 88.8 Å². The largest absolute Gasteiger partial charge is 0.497 e. The van der Waals surface area contributed by atoms with Gasteiger partial charge in [0.2, 0.25) is 9.84 Å². The first-order valence-electron chi connectivity index (χ1n) is 8.94. The minimum absolute atomic E-state index is 0.0310. The molecule has 4 aromatic rings. The van der Waals surface area contributed by atoms with Crippen LogP contribution in [0.25, 0.3) is 22.1 Å². The van der Waals surface area contributed by atoms with Crippen LogP contribution >= 0.6 is 0 Å². The summed E-state index contributed by atoms with van der Waals surface area (Å²) in [7, 11) is -2.59. The summed E-state index contributed by atoms with van der Waals surface area (Å²) in [4.78, 5) is 12.6. The Morgan fingerprint density at radius 3 is 2.14 bits per heavy atom. The lowest BCUT2D eigenvalue weighted by Gasteiger charge is -2.14. The molecule has 0 fully saturated rings. The number of sulfone groups is 1. The third-order valence-electron chi connectivity index (χ3n) is 4.75. The molecule has 0 unspecified atom stereocenters. The predicted molar refractivity (Wildman–Crippen MR) is 111 cm³/mol. The van der Waals surface area contributed by atoms with E-state index < -0.39 is 15.5 Å². The van der Waals surface area contributed by atoms with Crippen LogP contribution in [0.3, 0.4) is 0 Å². The Kier molecular flexibility index (Phi) is 4.72. The van der Waals surface area contributed by atoms with Gasteiger partial charge in [-0.15, -0.1) is 0 Å². The topological polar surface area (TPSA) is 73.6 Å². The number of fused-ring (bicyclic) bond motifs is 1. The predicted octanol–water partition coefficient (Wildman–Crippen LogP) is 4.61. The van der Waals surface area contributed by atoms with Gasteiger partial charge in [-0.25, -0.2) is 13.2 Å². The Labute approximate surface area is 168 Å². The molecule has 1 heterocycles. The molecule has 0 aliphatic heterocycles. The summed E-state index contributed by atoms with van der Waals surface area (Å²) in [5, 5.41) is 0.502. The van der Waals surface area contributed by atoms with E-state index in [0.717, 1.165) is 0 Å². The summed E-state index contributed by atoms with van der Waals surface area (Å²) in [6.45, 7) is 1.79. The molecule has 29 heavy (non-hydrogen) atoms. The first-order valence-corrected chi connectivity index (χ1v) is 10.4. The molecule has 3 aromatic carbocycles. The van der Waals surface area contributed by atoms with E-state index in [4.69, 9.17) is 9.15 Å². The molecule has 0 spiro atoms. The molecule has 0 atom stereocenters. The van der Waals surface area contributed by atoms with Crippen LogP contribution in [0.5, 0.6) is 5.75 Å². The highest BCUT2D eigenvalue weighted by atomic mass is 32.2. The number of hydrogen-bond acceptors (Lipinski definition) is 5. The summed E-state index contributed by atoms with van der Waals surface area (Å²) < 4.78 is 37.7. The third kappa shape index (κ3) is 3.21. The molecule has 0 N–H and O–H groups in total.